The normalized spacial score (nSPS) is 10.7. The third-order valence-electron chi connectivity index (χ3n) is 3.87. The van der Waals surface area contributed by atoms with E-state index < -0.39 is 5.91 Å². The van der Waals surface area contributed by atoms with Gasteiger partial charge in [-0.3, -0.25) is 9.59 Å². The molecule has 7 heteroatoms. The van der Waals surface area contributed by atoms with E-state index >= 15 is 0 Å². The Morgan fingerprint density at radius 2 is 1.67 bits per heavy atom. The highest BCUT2D eigenvalue weighted by atomic mass is 16.5. The van der Waals surface area contributed by atoms with E-state index in [4.69, 9.17) is 9.47 Å². The molecule has 0 unspecified atom stereocenters. The van der Waals surface area contributed by atoms with Gasteiger partial charge in [-0.2, -0.15) is 5.26 Å². The van der Waals surface area contributed by atoms with E-state index in [0.29, 0.717) is 41.7 Å². The number of carbonyl (C=O) groups is 2. The van der Waals surface area contributed by atoms with E-state index in [9.17, 15) is 14.9 Å². The van der Waals surface area contributed by atoms with Gasteiger partial charge in [0, 0.05) is 18.3 Å². The van der Waals surface area contributed by atoms with Crippen molar-refractivity contribution in [2.24, 2.45) is 0 Å². The first-order valence-electron chi connectivity index (χ1n) is 9.67. The molecule has 7 nitrogen and oxygen atoms in total. The first-order chi connectivity index (χ1) is 14.5. The highest BCUT2D eigenvalue weighted by molar-refractivity contribution is 6.09. The lowest BCUT2D eigenvalue weighted by molar-refractivity contribution is -0.114. The molecule has 0 fully saturated rings. The van der Waals surface area contributed by atoms with Gasteiger partial charge in [0.25, 0.3) is 5.91 Å². The van der Waals surface area contributed by atoms with Crippen LogP contribution in [0.15, 0.2) is 48.0 Å². The lowest BCUT2D eigenvalue weighted by atomic mass is 10.1. The molecular weight excluding hydrogens is 382 g/mol. The van der Waals surface area contributed by atoms with Crippen LogP contribution in [0, 0.1) is 11.3 Å². The van der Waals surface area contributed by atoms with Crippen LogP contribution in [0.2, 0.25) is 0 Å². The van der Waals surface area contributed by atoms with E-state index in [2.05, 4.69) is 10.6 Å². The van der Waals surface area contributed by atoms with Crippen molar-refractivity contribution in [1.82, 2.24) is 0 Å². The zero-order chi connectivity index (χ0) is 21.9. The van der Waals surface area contributed by atoms with E-state index in [1.165, 1.54) is 13.0 Å². The van der Waals surface area contributed by atoms with Crippen LogP contribution in [0.4, 0.5) is 11.4 Å². The quantitative estimate of drug-likeness (QED) is 0.475. The molecule has 2 amide bonds. The third kappa shape index (κ3) is 6.67. The summed E-state index contributed by atoms with van der Waals surface area (Å²) in [7, 11) is 0. The molecule has 0 aromatic heterocycles. The molecule has 0 saturated heterocycles. The van der Waals surface area contributed by atoms with Crippen molar-refractivity contribution in [1.29, 1.82) is 5.26 Å². The van der Waals surface area contributed by atoms with Crippen LogP contribution in [0.3, 0.4) is 0 Å². The fourth-order valence-electron chi connectivity index (χ4n) is 2.57. The van der Waals surface area contributed by atoms with Crippen LogP contribution in [-0.4, -0.2) is 25.0 Å². The van der Waals surface area contributed by atoms with Crippen molar-refractivity contribution in [2.45, 2.75) is 27.2 Å². The van der Waals surface area contributed by atoms with E-state index in [1.807, 2.05) is 19.9 Å². The smallest absolute Gasteiger partial charge is 0.266 e. The van der Waals surface area contributed by atoms with Crippen molar-refractivity contribution >= 4 is 29.3 Å². The van der Waals surface area contributed by atoms with Crippen LogP contribution >= 0.6 is 0 Å². The lowest BCUT2D eigenvalue weighted by Gasteiger charge is -2.12. The van der Waals surface area contributed by atoms with Crippen molar-refractivity contribution < 1.29 is 19.1 Å². The van der Waals surface area contributed by atoms with Gasteiger partial charge in [0.1, 0.15) is 11.6 Å². The Labute approximate surface area is 176 Å². The zero-order valence-electron chi connectivity index (χ0n) is 17.3. The standard InChI is InChI=1S/C23H25N3O4/c1-4-12-30-21-11-6-17(14-22(21)29-5-2)13-18(15-24)23(28)26-20-9-7-19(8-10-20)25-16(3)27/h6-11,13-14H,4-5,12H2,1-3H3,(H,25,27)(H,26,28)/b18-13-. The second-order valence-electron chi connectivity index (χ2n) is 6.37. The number of anilines is 2. The first kappa shape index (κ1) is 22.5. The van der Waals surface area contributed by atoms with Gasteiger partial charge in [0.2, 0.25) is 5.91 Å². The molecule has 0 atom stereocenters. The van der Waals surface area contributed by atoms with E-state index in [-0.39, 0.29) is 11.5 Å². The van der Waals surface area contributed by atoms with Gasteiger partial charge in [-0.1, -0.05) is 13.0 Å². The predicted molar refractivity (Wildman–Crippen MR) is 116 cm³/mol. The maximum Gasteiger partial charge on any atom is 0.266 e. The number of hydrogen-bond acceptors (Lipinski definition) is 5. The van der Waals surface area contributed by atoms with Gasteiger partial charge in [0.05, 0.1) is 13.2 Å². The van der Waals surface area contributed by atoms with Gasteiger partial charge < -0.3 is 20.1 Å². The maximum atomic E-state index is 12.5. The van der Waals surface area contributed by atoms with Gasteiger partial charge in [-0.25, -0.2) is 0 Å². The van der Waals surface area contributed by atoms with Crippen molar-refractivity contribution in [2.75, 3.05) is 23.8 Å². The molecule has 2 aromatic rings. The minimum absolute atomic E-state index is 0.0504. The van der Waals surface area contributed by atoms with E-state index in [0.717, 1.165) is 6.42 Å². The number of nitrogens with zero attached hydrogens (tertiary/aromatic N) is 1. The summed E-state index contributed by atoms with van der Waals surface area (Å²) in [5, 5.41) is 14.8. The summed E-state index contributed by atoms with van der Waals surface area (Å²) in [6, 6.07) is 13.8. The third-order valence-corrected chi connectivity index (χ3v) is 3.87. The lowest BCUT2D eigenvalue weighted by Crippen LogP contribution is -2.13. The minimum Gasteiger partial charge on any atom is -0.490 e. The minimum atomic E-state index is -0.533. The summed E-state index contributed by atoms with van der Waals surface area (Å²) in [6.07, 6.45) is 2.37. The van der Waals surface area contributed by atoms with Gasteiger partial charge in [-0.05, 0) is 61.4 Å². The van der Waals surface area contributed by atoms with Crippen molar-refractivity contribution in [3.05, 3.63) is 53.6 Å². The van der Waals surface area contributed by atoms with Gasteiger partial charge in [-0.15, -0.1) is 0 Å². The summed E-state index contributed by atoms with van der Waals surface area (Å²) in [6.45, 7) is 6.34. The fourth-order valence-corrected chi connectivity index (χ4v) is 2.57. The molecule has 0 aliphatic carbocycles. The average Bonchev–Trinajstić information content (AvgIpc) is 2.72. The van der Waals surface area contributed by atoms with Gasteiger partial charge in [0.15, 0.2) is 11.5 Å². The Hall–Kier alpha value is -3.79. The Kier molecular flexibility index (Phi) is 8.45. The molecule has 30 heavy (non-hydrogen) atoms. The largest absolute Gasteiger partial charge is 0.490 e. The number of benzene rings is 2. The van der Waals surface area contributed by atoms with Crippen LogP contribution in [0.25, 0.3) is 6.08 Å². The number of rotatable bonds is 9. The number of ether oxygens (including phenoxy) is 2. The number of nitrogens with one attached hydrogen (secondary N) is 2. The van der Waals surface area contributed by atoms with Crippen molar-refractivity contribution in [3.63, 3.8) is 0 Å². The van der Waals surface area contributed by atoms with Crippen molar-refractivity contribution in [3.8, 4) is 17.6 Å². The molecule has 0 bridgehead atoms. The molecule has 2 N–H and O–H groups in total. The summed E-state index contributed by atoms with van der Waals surface area (Å²) < 4.78 is 11.3. The van der Waals surface area contributed by atoms with Gasteiger partial charge >= 0.3 is 0 Å². The highest BCUT2D eigenvalue weighted by Crippen LogP contribution is 2.29. The molecule has 0 aliphatic heterocycles. The van der Waals surface area contributed by atoms with Crippen LogP contribution < -0.4 is 20.1 Å². The molecule has 0 saturated carbocycles. The monoisotopic (exact) mass is 407 g/mol. The molecule has 2 aromatic carbocycles. The SMILES string of the molecule is CCCOc1ccc(/C=C(/C#N)C(=O)Nc2ccc(NC(C)=O)cc2)cc1OCC. The fraction of sp³-hybridized carbons (Fsp3) is 0.261. The summed E-state index contributed by atoms with van der Waals surface area (Å²) in [5.74, 6) is 0.470. The topological polar surface area (TPSA) is 100 Å². The summed E-state index contributed by atoms with van der Waals surface area (Å²) in [5.41, 5.74) is 1.72. The number of amides is 2. The molecule has 0 heterocycles. The maximum absolute atomic E-state index is 12.5. The molecule has 2 rings (SSSR count). The first-order valence-corrected chi connectivity index (χ1v) is 9.67. The average molecular weight is 407 g/mol. The van der Waals surface area contributed by atoms with Crippen LogP contribution in [0.1, 0.15) is 32.8 Å². The number of hydrogen-bond donors (Lipinski definition) is 2. The molecule has 0 aliphatic rings. The summed E-state index contributed by atoms with van der Waals surface area (Å²) in [4.78, 5) is 23.6. The van der Waals surface area contributed by atoms with Crippen LogP contribution in [-0.2, 0) is 9.59 Å². The second-order valence-corrected chi connectivity index (χ2v) is 6.37. The second kappa shape index (κ2) is 11.3. The Balaban J connectivity index is 2.17. The molecule has 0 radical (unpaired) electrons. The Morgan fingerprint density at radius 1 is 1.00 bits per heavy atom. The Bertz CT molecular complexity index is 959. The molecule has 0 spiro atoms. The molecular formula is C23H25N3O4. The number of nitriles is 1. The molecule has 156 valence electrons. The Morgan fingerprint density at radius 3 is 2.23 bits per heavy atom. The highest BCUT2D eigenvalue weighted by Gasteiger charge is 2.12. The van der Waals surface area contributed by atoms with E-state index in [1.54, 1.807) is 42.5 Å². The number of carbonyl (C=O) groups excluding carboxylic acids is 2. The zero-order valence-corrected chi connectivity index (χ0v) is 17.3. The predicted octanol–water partition coefficient (Wildman–Crippen LogP) is 4.38. The summed E-state index contributed by atoms with van der Waals surface area (Å²) >= 11 is 0. The van der Waals surface area contributed by atoms with Crippen LogP contribution in [0.5, 0.6) is 11.5 Å².